The highest BCUT2D eigenvalue weighted by atomic mass is 32.2. The summed E-state index contributed by atoms with van der Waals surface area (Å²) in [6.07, 6.45) is 2.05. The van der Waals surface area contributed by atoms with E-state index in [4.69, 9.17) is 4.98 Å². The number of aromatic nitrogens is 2. The van der Waals surface area contributed by atoms with Crippen LogP contribution in [0, 0.1) is 6.92 Å². The van der Waals surface area contributed by atoms with Gasteiger partial charge in [0.15, 0.2) is 0 Å². The lowest BCUT2D eigenvalue weighted by atomic mass is 10.0. The molecule has 0 fully saturated rings. The van der Waals surface area contributed by atoms with E-state index in [1.54, 1.807) is 0 Å². The van der Waals surface area contributed by atoms with Gasteiger partial charge >= 0.3 is 0 Å². The average Bonchev–Trinajstić information content (AvgIpc) is 2.67. The van der Waals surface area contributed by atoms with Crippen LogP contribution in [-0.2, 0) is 11.2 Å². The Kier molecular flexibility index (Phi) is 4.64. The summed E-state index contributed by atoms with van der Waals surface area (Å²) in [6.45, 7) is 4.69. The molecule has 1 atom stereocenters. The number of anilines is 1. The molecule has 1 amide bonds. The number of carbonyl (C=O) groups excluding carboxylic acids is 1. The van der Waals surface area contributed by atoms with Crippen molar-refractivity contribution in [2.24, 2.45) is 0 Å². The van der Waals surface area contributed by atoms with Crippen molar-refractivity contribution in [3.8, 4) is 0 Å². The minimum Gasteiger partial charge on any atom is -0.311 e. The van der Waals surface area contributed by atoms with Gasteiger partial charge in [0.2, 0.25) is 5.91 Å². The third-order valence-corrected chi connectivity index (χ3v) is 5.88. The summed E-state index contributed by atoms with van der Waals surface area (Å²) < 4.78 is 0. The number of aryl methyl sites for hydroxylation is 2. The molecule has 3 aromatic rings. The van der Waals surface area contributed by atoms with Gasteiger partial charge in [-0.25, -0.2) is 9.97 Å². The third-order valence-electron chi connectivity index (χ3n) is 4.71. The summed E-state index contributed by atoms with van der Waals surface area (Å²) in [6, 6.07) is 16.0. The number of amides is 1. The molecule has 0 aliphatic carbocycles. The molecule has 5 heteroatoms. The Labute approximate surface area is 157 Å². The van der Waals surface area contributed by atoms with Crippen molar-refractivity contribution in [1.29, 1.82) is 0 Å². The molecule has 1 aliphatic heterocycles. The largest absolute Gasteiger partial charge is 0.311 e. The molecule has 2 aromatic carbocycles. The number of rotatable bonds is 3. The van der Waals surface area contributed by atoms with Gasteiger partial charge in [-0.05, 0) is 50.5 Å². The van der Waals surface area contributed by atoms with Gasteiger partial charge in [-0.15, -0.1) is 0 Å². The fourth-order valence-corrected chi connectivity index (χ4v) is 4.31. The minimum absolute atomic E-state index is 0.136. The zero-order chi connectivity index (χ0) is 18.1. The van der Waals surface area contributed by atoms with Crippen LogP contribution in [0.5, 0.6) is 0 Å². The summed E-state index contributed by atoms with van der Waals surface area (Å²) in [5.74, 6) is 0.136. The molecule has 4 nitrogen and oxygen atoms in total. The molecule has 132 valence electrons. The Morgan fingerprint density at radius 1 is 1.08 bits per heavy atom. The number of carbonyl (C=O) groups is 1. The Hall–Kier alpha value is -2.40. The van der Waals surface area contributed by atoms with Gasteiger partial charge in [-0.3, -0.25) is 4.79 Å². The number of hydrogen-bond acceptors (Lipinski definition) is 4. The molecule has 0 spiro atoms. The zero-order valence-corrected chi connectivity index (χ0v) is 15.8. The van der Waals surface area contributed by atoms with Crippen molar-refractivity contribution in [2.75, 3.05) is 11.4 Å². The second kappa shape index (κ2) is 7.08. The van der Waals surface area contributed by atoms with E-state index in [0.717, 1.165) is 46.8 Å². The first kappa shape index (κ1) is 17.0. The first-order valence-corrected chi connectivity index (χ1v) is 9.81. The lowest BCUT2D eigenvalue weighted by Gasteiger charge is -2.31. The highest BCUT2D eigenvalue weighted by Crippen LogP contribution is 2.31. The van der Waals surface area contributed by atoms with E-state index in [1.165, 1.54) is 17.3 Å². The van der Waals surface area contributed by atoms with E-state index in [0.29, 0.717) is 0 Å². The first-order chi connectivity index (χ1) is 12.6. The monoisotopic (exact) mass is 363 g/mol. The fourth-order valence-electron chi connectivity index (χ4n) is 3.38. The van der Waals surface area contributed by atoms with E-state index in [9.17, 15) is 4.79 Å². The smallest absolute Gasteiger partial charge is 0.240 e. The maximum Gasteiger partial charge on any atom is 0.240 e. The molecule has 1 unspecified atom stereocenters. The van der Waals surface area contributed by atoms with Crippen LogP contribution in [0.4, 0.5) is 5.69 Å². The average molecular weight is 363 g/mol. The standard InChI is InChI=1S/C21H21N3OS/c1-14-20(23-18-11-5-4-10-17(18)22-14)26-15(2)21(25)24-13-7-9-16-8-3-6-12-19(16)24/h3-6,8,10-12,15H,7,9,13H2,1-2H3. The summed E-state index contributed by atoms with van der Waals surface area (Å²) >= 11 is 1.50. The predicted octanol–water partition coefficient (Wildman–Crippen LogP) is 4.40. The number of benzene rings is 2. The van der Waals surface area contributed by atoms with Gasteiger partial charge < -0.3 is 4.90 Å². The fraction of sp³-hybridized carbons (Fsp3) is 0.286. The Balaban J connectivity index is 1.58. The molecule has 2 heterocycles. The number of para-hydroxylation sites is 3. The molecule has 0 radical (unpaired) electrons. The Morgan fingerprint density at radius 3 is 2.58 bits per heavy atom. The topological polar surface area (TPSA) is 46.1 Å². The van der Waals surface area contributed by atoms with Crippen LogP contribution in [-0.4, -0.2) is 27.7 Å². The van der Waals surface area contributed by atoms with Crippen molar-refractivity contribution >= 4 is 34.4 Å². The molecule has 0 saturated heterocycles. The van der Waals surface area contributed by atoms with E-state index >= 15 is 0 Å². The lowest BCUT2D eigenvalue weighted by molar-refractivity contribution is -0.117. The van der Waals surface area contributed by atoms with Gasteiger partial charge in [-0.2, -0.15) is 0 Å². The van der Waals surface area contributed by atoms with Crippen molar-refractivity contribution in [2.45, 2.75) is 37.0 Å². The van der Waals surface area contributed by atoms with Gasteiger partial charge in [0, 0.05) is 12.2 Å². The molecule has 1 aromatic heterocycles. The molecule has 0 saturated carbocycles. The molecular weight excluding hydrogens is 342 g/mol. The van der Waals surface area contributed by atoms with Gasteiger partial charge in [0.05, 0.1) is 22.0 Å². The van der Waals surface area contributed by atoms with Crippen molar-refractivity contribution in [3.05, 3.63) is 59.8 Å². The van der Waals surface area contributed by atoms with E-state index in [1.807, 2.05) is 61.2 Å². The second-order valence-corrected chi connectivity index (χ2v) is 7.91. The normalized spacial score (nSPS) is 14.9. The SMILES string of the molecule is Cc1nc2ccccc2nc1SC(C)C(=O)N1CCCc2ccccc21. The van der Waals surface area contributed by atoms with Gasteiger partial charge in [-0.1, -0.05) is 42.1 Å². The molecular formula is C21H21N3OS. The lowest BCUT2D eigenvalue weighted by Crippen LogP contribution is -2.40. The Morgan fingerprint density at radius 2 is 1.77 bits per heavy atom. The van der Waals surface area contributed by atoms with Crippen LogP contribution in [0.25, 0.3) is 11.0 Å². The van der Waals surface area contributed by atoms with Crippen LogP contribution in [0.15, 0.2) is 53.6 Å². The van der Waals surface area contributed by atoms with Crippen LogP contribution < -0.4 is 4.90 Å². The molecule has 0 bridgehead atoms. The summed E-state index contributed by atoms with van der Waals surface area (Å²) in [5.41, 5.74) is 4.93. The maximum absolute atomic E-state index is 13.1. The van der Waals surface area contributed by atoms with E-state index < -0.39 is 0 Å². The maximum atomic E-state index is 13.1. The van der Waals surface area contributed by atoms with Crippen LogP contribution in [0.2, 0.25) is 0 Å². The van der Waals surface area contributed by atoms with Crippen LogP contribution in [0.1, 0.15) is 24.6 Å². The van der Waals surface area contributed by atoms with Crippen molar-refractivity contribution in [3.63, 3.8) is 0 Å². The highest BCUT2D eigenvalue weighted by Gasteiger charge is 2.27. The van der Waals surface area contributed by atoms with Crippen molar-refractivity contribution < 1.29 is 4.79 Å². The minimum atomic E-state index is -0.213. The van der Waals surface area contributed by atoms with E-state index in [2.05, 4.69) is 11.1 Å². The van der Waals surface area contributed by atoms with Gasteiger partial charge in [0.1, 0.15) is 5.03 Å². The van der Waals surface area contributed by atoms with Crippen molar-refractivity contribution in [1.82, 2.24) is 9.97 Å². The second-order valence-electron chi connectivity index (χ2n) is 6.59. The Bertz CT molecular complexity index is 972. The zero-order valence-electron chi connectivity index (χ0n) is 15.0. The van der Waals surface area contributed by atoms with Gasteiger partial charge in [0.25, 0.3) is 0 Å². The van der Waals surface area contributed by atoms with Crippen LogP contribution >= 0.6 is 11.8 Å². The first-order valence-electron chi connectivity index (χ1n) is 8.93. The third kappa shape index (κ3) is 3.19. The van der Waals surface area contributed by atoms with E-state index in [-0.39, 0.29) is 11.2 Å². The number of fused-ring (bicyclic) bond motifs is 2. The number of thioether (sulfide) groups is 1. The molecule has 1 aliphatic rings. The summed E-state index contributed by atoms with van der Waals surface area (Å²) in [7, 11) is 0. The summed E-state index contributed by atoms with van der Waals surface area (Å²) in [5, 5.41) is 0.616. The highest BCUT2D eigenvalue weighted by molar-refractivity contribution is 8.00. The molecule has 0 N–H and O–H groups in total. The number of hydrogen-bond donors (Lipinski definition) is 0. The molecule has 26 heavy (non-hydrogen) atoms. The summed E-state index contributed by atoms with van der Waals surface area (Å²) in [4.78, 5) is 24.4. The quantitative estimate of drug-likeness (QED) is 0.647. The molecule has 4 rings (SSSR count). The predicted molar refractivity (Wildman–Crippen MR) is 107 cm³/mol. The van der Waals surface area contributed by atoms with Crippen LogP contribution in [0.3, 0.4) is 0 Å². The number of nitrogens with zero attached hydrogens (tertiary/aromatic N) is 3.